The number of carbonyl (C=O) groups excluding carboxylic acids is 2. The Hall–Kier alpha value is -4.24. The van der Waals surface area contributed by atoms with Crippen LogP contribution in [-0.4, -0.2) is 54.4 Å². The summed E-state index contributed by atoms with van der Waals surface area (Å²) < 4.78 is 10.3. The zero-order chi connectivity index (χ0) is 24.1. The number of pyridine rings is 1. The molecule has 9 heteroatoms. The van der Waals surface area contributed by atoms with Crippen LogP contribution in [0.5, 0.6) is 0 Å². The largest absolute Gasteiger partial charge is 0.479 e. The van der Waals surface area contributed by atoms with Crippen molar-refractivity contribution in [3.05, 3.63) is 83.7 Å². The predicted octanol–water partition coefficient (Wildman–Crippen LogP) is 3.27. The van der Waals surface area contributed by atoms with Crippen LogP contribution < -0.4 is 10.6 Å². The molecule has 9 nitrogen and oxygen atoms in total. The van der Waals surface area contributed by atoms with Gasteiger partial charge in [-0.2, -0.15) is 0 Å². The van der Waals surface area contributed by atoms with Crippen molar-refractivity contribution >= 4 is 23.7 Å². The normalized spacial score (nSPS) is 12.9. The molecule has 4 rings (SSSR count). The average molecular weight is 461 g/mol. The molecule has 0 fully saturated rings. The summed E-state index contributed by atoms with van der Waals surface area (Å²) in [7, 11) is 1.23. The molecule has 0 saturated carbocycles. The number of rotatable bonds is 8. The molecule has 1 atom stereocenters. The topological polar surface area (TPSA) is 127 Å². The highest BCUT2D eigenvalue weighted by molar-refractivity contribution is 6.01. The van der Waals surface area contributed by atoms with E-state index in [1.54, 1.807) is 6.07 Å². The summed E-state index contributed by atoms with van der Waals surface area (Å²) in [6.45, 7) is -0.137. The number of anilines is 1. The van der Waals surface area contributed by atoms with Gasteiger partial charge < -0.3 is 19.9 Å². The SMILES string of the molecule is COC(CNC(=O)c1ncccc1NC(=O)OCC1c2ccccc2-c2ccccc21)C(=O)O. The van der Waals surface area contributed by atoms with Gasteiger partial charge >= 0.3 is 12.1 Å². The number of aliphatic carboxylic acids is 1. The number of nitrogens with zero attached hydrogens (tertiary/aromatic N) is 1. The fourth-order valence-electron chi connectivity index (χ4n) is 3.97. The number of amides is 2. The summed E-state index contributed by atoms with van der Waals surface area (Å²) in [5.41, 5.74) is 4.48. The van der Waals surface area contributed by atoms with Gasteiger partial charge in [-0.15, -0.1) is 0 Å². The molecule has 1 aromatic heterocycles. The zero-order valence-corrected chi connectivity index (χ0v) is 18.4. The van der Waals surface area contributed by atoms with Crippen molar-refractivity contribution in [3.63, 3.8) is 0 Å². The highest BCUT2D eigenvalue weighted by Gasteiger charge is 2.29. The van der Waals surface area contributed by atoms with Crippen LogP contribution in [0.1, 0.15) is 27.5 Å². The summed E-state index contributed by atoms with van der Waals surface area (Å²) in [5, 5.41) is 14.0. The molecule has 0 radical (unpaired) electrons. The zero-order valence-electron chi connectivity index (χ0n) is 18.4. The van der Waals surface area contributed by atoms with E-state index in [2.05, 4.69) is 15.6 Å². The number of carboxylic acid groups (broad SMARTS) is 1. The van der Waals surface area contributed by atoms with Gasteiger partial charge in [-0.25, -0.2) is 14.6 Å². The molecule has 2 amide bonds. The average Bonchev–Trinajstić information content (AvgIpc) is 3.17. The Labute approximate surface area is 195 Å². The minimum Gasteiger partial charge on any atom is -0.479 e. The lowest BCUT2D eigenvalue weighted by molar-refractivity contribution is -0.148. The first kappa shape index (κ1) is 22.9. The number of carboxylic acids is 1. The van der Waals surface area contributed by atoms with Crippen molar-refractivity contribution in [1.29, 1.82) is 0 Å². The Bertz CT molecular complexity index is 1180. The maximum absolute atomic E-state index is 12.6. The number of fused-ring (bicyclic) bond motifs is 3. The van der Waals surface area contributed by atoms with Crippen molar-refractivity contribution < 1.29 is 29.0 Å². The van der Waals surface area contributed by atoms with Crippen molar-refractivity contribution in [3.8, 4) is 11.1 Å². The maximum Gasteiger partial charge on any atom is 0.411 e. The van der Waals surface area contributed by atoms with Gasteiger partial charge in [-0.3, -0.25) is 10.1 Å². The molecule has 3 N–H and O–H groups in total. The summed E-state index contributed by atoms with van der Waals surface area (Å²) in [5.74, 6) is -1.96. The van der Waals surface area contributed by atoms with Crippen LogP contribution in [0.3, 0.4) is 0 Å². The van der Waals surface area contributed by atoms with Crippen LogP contribution in [0.2, 0.25) is 0 Å². The number of benzene rings is 2. The minimum absolute atomic E-state index is 0.0729. The molecular weight excluding hydrogens is 438 g/mol. The van der Waals surface area contributed by atoms with Crippen molar-refractivity contribution in [2.24, 2.45) is 0 Å². The third kappa shape index (κ3) is 4.74. The Balaban J connectivity index is 1.42. The molecule has 1 unspecified atom stereocenters. The minimum atomic E-state index is -1.21. The van der Waals surface area contributed by atoms with Gasteiger partial charge in [-0.05, 0) is 34.4 Å². The number of methoxy groups -OCH3 is 1. The Morgan fingerprint density at radius 3 is 2.26 bits per heavy atom. The van der Waals surface area contributed by atoms with Gasteiger partial charge in [0.25, 0.3) is 5.91 Å². The van der Waals surface area contributed by atoms with Crippen LogP contribution in [-0.2, 0) is 14.3 Å². The van der Waals surface area contributed by atoms with Crippen molar-refractivity contribution in [1.82, 2.24) is 10.3 Å². The third-order valence-corrected chi connectivity index (χ3v) is 5.61. The molecule has 34 heavy (non-hydrogen) atoms. The lowest BCUT2D eigenvalue weighted by atomic mass is 9.98. The summed E-state index contributed by atoms with van der Waals surface area (Å²) >= 11 is 0. The number of hydrogen-bond acceptors (Lipinski definition) is 6. The van der Waals surface area contributed by atoms with Crippen LogP contribution >= 0.6 is 0 Å². The predicted molar refractivity (Wildman–Crippen MR) is 124 cm³/mol. The molecule has 0 spiro atoms. The number of nitrogens with one attached hydrogen (secondary N) is 2. The molecule has 3 aromatic rings. The monoisotopic (exact) mass is 461 g/mol. The van der Waals surface area contributed by atoms with Crippen LogP contribution in [0.4, 0.5) is 10.5 Å². The molecule has 174 valence electrons. The number of aromatic nitrogens is 1. The number of ether oxygens (including phenoxy) is 2. The lowest BCUT2D eigenvalue weighted by Gasteiger charge is -2.16. The first-order chi connectivity index (χ1) is 16.5. The Kier molecular flexibility index (Phi) is 6.84. The molecule has 1 aliphatic carbocycles. The van der Waals surface area contributed by atoms with Crippen molar-refractivity contribution in [2.45, 2.75) is 12.0 Å². The van der Waals surface area contributed by atoms with E-state index in [1.807, 2.05) is 48.5 Å². The van der Waals surface area contributed by atoms with Crippen molar-refractivity contribution in [2.75, 3.05) is 25.6 Å². The molecule has 1 aliphatic rings. The second kappa shape index (κ2) is 10.1. The van der Waals surface area contributed by atoms with E-state index < -0.39 is 24.1 Å². The summed E-state index contributed by atoms with van der Waals surface area (Å²) in [6.07, 6.45) is -0.543. The van der Waals surface area contributed by atoms with Gasteiger partial charge in [0.15, 0.2) is 11.8 Å². The first-order valence-corrected chi connectivity index (χ1v) is 10.6. The highest BCUT2D eigenvalue weighted by atomic mass is 16.5. The van der Waals surface area contributed by atoms with E-state index in [-0.39, 0.29) is 30.5 Å². The second-order valence-corrected chi connectivity index (χ2v) is 7.62. The van der Waals surface area contributed by atoms with Gasteiger partial charge in [0.2, 0.25) is 0 Å². The standard InChI is InChI=1S/C25H23N3O6/c1-33-21(24(30)31)13-27-23(29)22-20(11-6-12-26-22)28-25(32)34-14-19-17-9-4-2-7-15(17)16-8-3-5-10-18(16)19/h2-12,19,21H,13-14H2,1H3,(H,27,29)(H,28,32)(H,30,31). The molecular formula is C25H23N3O6. The molecule has 0 aliphatic heterocycles. The van der Waals surface area contributed by atoms with E-state index in [0.717, 1.165) is 22.3 Å². The smallest absolute Gasteiger partial charge is 0.411 e. The fraction of sp³-hybridized carbons (Fsp3) is 0.200. The number of hydrogen-bond donors (Lipinski definition) is 3. The molecule has 1 heterocycles. The fourth-order valence-corrected chi connectivity index (χ4v) is 3.97. The number of carbonyl (C=O) groups is 3. The van der Waals surface area contributed by atoms with Gasteiger partial charge in [-0.1, -0.05) is 48.5 Å². The Morgan fingerprint density at radius 2 is 1.65 bits per heavy atom. The van der Waals surface area contributed by atoms with E-state index in [0.29, 0.717) is 0 Å². The van der Waals surface area contributed by atoms with Crippen LogP contribution in [0.15, 0.2) is 66.9 Å². The lowest BCUT2D eigenvalue weighted by Crippen LogP contribution is -2.38. The van der Waals surface area contributed by atoms with Gasteiger partial charge in [0.1, 0.15) is 6.61 Å². The van der Waals surface area contributed by atoms with E-state index in [9.17, 15) is 14.4 Å². The summed E-state index contributed by atoms with van der Waals surface area (Å²) in [4.78, 5) is 40.2. The van der Waals surface area contributed by atoms with E-state index >= 15 is 0 Å². The van der Waals surface area contributed by atoms with Crippen LogP contribution in [0, 0.1) is 0 Å². The molecule has 2 aromatic carbocycles. The van der Waals surface area contributed by atoms with E-state index in [4.69, 9.17) is 14.6 Å². The summed E-state index contributed by atoms with van der Waals surface area (Å²) in [6, 6.07) is 19.1. The van der Waals surface area contributed by atoms with Gasteiger partial charge in [0.05, 0.1) is 12.2 Å². The quantitative estimate of drug-likeness (QED) is 0.470. The maximum atomic E-state index is 12.6. The molecule has 0 saturated heterocycles. The highest BCUT2D eigenvalue weighted by Crippen LogP contribution is 2.44. The van der Waals surface area contributed by atoms with Gasteiger partial charge in [0, 0.05) is 19.2 Å². The first-order valence-electron chi connectivity index (χ1n) is 10.6. The van der Waals surface area contributed by atoms with Crippen LogP contribution in [0.25, 0.3) is 11.1 Å². The Morgan fingerprint density at radius 1 is 1.00 bits per heavy atom. The van der Waals surface area contributed by atoms with E-state index in [1.165, 1.54) is 19.4 Å². The molecule has 0 bridgehead atoms. The third-order valence-electron chi connectivity index (χ3n) is 5.61. The second-order valence-electron chi connectivity index (χ2n) is 7.62.